The van der Waals surface area contributed by atoms with Crippen LogP contribution < -0.4 is 0 Å². The van der Waals surface area contributed by atoms with E-state index < -0.39 is 10.1 Å². The maximum absolute atomic E-state index is 11.1. The molecule has 0 aromatic heterocycles. The van der Waals surface area contributed by atoms with Gasteiger partial charge in [0, 0.05) is 0 Å². The lowest BCUT2D eigenvalue weighted by molar-refractivity contribution is 0.240. The van der Waals surface area contributed by atoms with E-state index in [9.17, 15) is 8.42 Å². The van der Waals surface area contributed by atoms with Crippen LogP contribution in [0.25, 0.3) is 0 Å². The van der Waals surface area contributed by atoms with Gasteiger partial charge >= 0.3 is 0 Å². The Morgan fingerprint density at radius 2 is 1.29 bits per heavy atom. The largest absolute Gasteiger partial charge is 0.270 e. The van der Waals surface area contributed by atoms with Crippen LogP contribution >= 0.6 is 0 Å². The number of hydrogen-bond donors (Lipinski definition) is 0. The summed E-state index contributed by atoms with van der Waals surface area (Å²) in [5.41, 5.74) is 0. The van der Waals surface area contributed by atoms with E-state index in [-0.39, 0.29) is 0 Å². The van der Waals surface area contributed by atoms with E-state index in [1.54, 1.807) is 0 Å². The summed E-state index contributed by atoms with van der Waals surface area (Å²) in [5.74, 6) is 0.303. The second-order valence-corrected chi connectivity index (χ2v) is 7.17. The first-order chi connectivity index (χ1) is 9.99. The van der Waals surface area contributed by atoms with E-state index in [0.29, 0.717) is 12.5 Å². The average molecular weight is 317 g/mol. The molecule has 0 aromatic rings. The lowest BCUT2D eigenvalue weighted by Crippen LogP contribution is -2.13. The molecule has 0 bridgehead atoms. The second kappa shape index (κ2) is 13.1. The molecular formula is C17H32O3S. The smallest absolute Gasteiger partial charge is 0.264 e. The van der Waals surface area contributed by atoms with E-state index in [0.717, 1.165) is 44.8 Å². The second-order valence-electron chi connectivity index (χ2n) is 5.53. The first-order valence-corrected chi connectivity index (χ1v) is 9.95. The van der Waals surface area contributed by atoms with Gasteiger partial charge in [0.1, 0.15) is 0 Å². The maximum atomic E-state index is 11.1. The fourth-order valence-electron chi connectivity index (χ4n) is 2.00. The molecule has 0 fully saturated rings. The third-order valence-corrected chi connectivity index (χ3v) is 3.81. The minimum Gasteiger partial charge on any atom is -0.270 e. The lowest BCUT2D eigenvalue weighted by atomic mass is 9.98. The summed E-state index contributed by atoms with van der Waals surface area (Å²) >= 11 is 0. The molecule has 0 saturated heterocycles. The van der Waals surface area contributed by atoms with Crippen LogP contribution in [0.1, 0.15) is 65.2 Å². The van der Waals surface area contributed by atoms with Crippen molar-refractivity contribution >= 4 is 10.1 Å². The van der Waals surface area contributed by atoms with E-state index in [2.05, 4.69) is 38.2 Å². The van der Waals surface area contributed by atoms with Gasteiger partial charge in [-0.15, -0.1) is 0 Å². The summed E-state index contributed by atoms with van der Waals surface area (Å²) in [7, 11) is -3.33. The van der Waals surface area contributed by atoms with Gasteiger partial charge < -0.3 is 0 Å². The van der Waals surface area contributed by atoms with Gasteiger partial charge in [0.05, 0.1) is 12.9 Å². The Hall–Kier alpha value is -0.610. The van der Waals surface area contributed by atoms with Crippen molar-refractivity contribution < 1.29 is 12.6 Å². The molecule has 0 unspecified atom stereocenters. The van der Waals surface area contributed by atoms with Gasteiger partial charge in [-0.05, 0) is 44.4 Å². The number of allylic oxidation sites excluding steroid dienone is 4. The molecule has 0 saturated carbocycles. The molecule has 4 heteroatoms. The van der Waals surface area contributed by atoms with Crippen LogP contribution in [0, 0.1) is 5.92 Å². The molecule has 0 spiro atoms. The topological polar surface area (TPSA) is 43.4 Å². The van der Waals surface area contributed by atoms with Gasteiger partial charge in [0.15, 0.2) is 0 Å². The quantitative estimate of drug-likeness (QED) is 0.360. The molecule has 0 aliphatic carbocycles. The third-order valence-electron chi connectivity index (χ3n) is 3.25. The van der Waals surface area contributed by atoms with Gasteiger partial charge in [-0.3, -0.25) is 4.18 Å². The molecular weight excluding hydrogens is 284 g/mol. The summed E-state index contributed by atoms with van der Waals surface area (Å²) in [6.07, 6.45) is 18.4. The molecule has 124 valence electrons. The SMILES string of the molecule is CCC/C=C\CCC(CC/C=C\CCC)COS(C)(=O)=O. The van der Waals surface area contributed by atoms with Crippen molar-refractivity contribution in [1.82, 2.24) is 0 Å². The van der Waals surface area contributed by atoms with E-state index in [1.165, 1.54) is 12.8 Å². The first kappa shape index (κ1) is 20.4. The van der Waals surface area contributed by atoms with E-state index >= 15 is 0 Å². The van der Waals surface area contributed by atoms with Gasteiger partial charge in [-0.25, -0.2) is 0 Å². The predicted molar refractivity (Wildman–Crippen MR) is 90.8 cm³/mol. The molecule has 0 rings (SSSR count). The van der Waals surface area contributed by atoms with Gasteiger partial charge in [0.2, 0.25) is 0 Å². The summed E-state index contributed by atoms with van der Waals surface area (Å²) in [6.45, 7) is 4.63. The van der Waals surface area contributed by atoms with Crippen molar-refractivity contribution in [2.24, 2.45) is 5.92 Å². The van der Waals surface area contributed by atoms with Crippen LogP contribution in [0.4, 0.5) is 0 Å². The molecule has 0 amide bonds. The Morgan fingerprint density at radius 1 is 0.857 bits per heavy atom. The van der Waals surface area contributed by atoms with E-state index in [4.69, 9.17) is 4.18 Å². The van der Waals surface area contributed by atoms with Crippen molar-refractivity contribution in [3.05, 3.63) is 24.3 Å². The molecule has 0 aliphatic heterocycles. The Morgan fingerprint density at radius 3 is 1.67 bits per heavy atom. The van der Waals surface area contributed by atoms with Crippen LogP contribution in [-0.2, 0) is 14.3 Å². The van der Waals surface area contributed by atoms with Crippen LogP contribution in [0.3, 0.4) is 0 Å². The van der Waals surface area contributed by atoms with Crippen LogP contribution in [0.15, 0.2) is 24.3 Å². The van der Waals surface area contributed by atoms with Gasteiger partial charge in [-0.2, -0.15) is 8.42 Å². The number of rotatable bonds is 13. The summed E-state index contributed by atoms with van der Waals surface area (Å²) < 4.78 is 27.2. The number of unbranched alkanes of at least 4 members (excludes halogenated alkanes) is 2. The fraction of sp³-hybridized carbons (Fsp3) is 0.765. The molecule has 0 atom stereocenters. The third kappa shape index (κ3) is 15.6. The first-order valence-electron chi connectivity index (χ1n) is 8.14. The molecule has 0 heterocycles. The van der Waals surface area contributed by atoms with Crippen molar-refractivity contribution in [2.45, 2.75) is 65.2 Å². The molecule has 3 nitrogen and oxygen atoms in total. The van der Waals surface area contributed by atoms with Crippen molar-refractivity contribution in [3.8, 4) is 0 Å². The van der Waals surface area contributed by atoms with Crippen LogP contribution in [0.5, 0.6) is 0 Å². The monoisotopic (exact) mass is 316 g/mol. The summed E-state index contributed by atoms with van der Waals surface area (Å²) in [4.78, 5) is 0. The van der Waals surface area contributed by atoms with Crippen molar-refractivity contribution in [3.63, 3.8) is 0 Å². The van der Waals surface area contributed by atoms with Crippen LogP contribution in [-0.4, -0.2) is 21.3 Å². The Kier molecular flexibility index (Phi) is 12.7. The van der Waals surface area contributed by atoms with Crippen LogP contribution in [0.2, 0.25) is 0 Å². The highest BCUT2D eigenvalue weighted by molar-refractivity contribution is 7.85. The molecule has 0 aromatic carbocycles. The van der Waals surface area contributed by atoms with Gasteiger partial charge in [0.25, 0.3) is 10.1 Å². The number of hydrogen-bond acceptors (Lipinski definition) is 3. The zero-order valence-electron chi connectivity index (χ0n) is 13.9. The minimum atomic E-state index is -3.33. The molecule has 0 aliphatic rings. The zero-order chi connectivity index (χ0) is 16.0. The molecule has 0 radical (unpaired) electrons. The van der Waals surface area contributed by atoms with Crippen molar-refractivity contribution in [1.29, 1.82) is 0 Å². The lowest BCUT2D eigenvalue weighted by Gasteiger charge is -2.14. The molecule has 0 N–H and O–H groups in total. The maximum Gasteiger partial charge on any atom is 0.264 e. The predicted octanol–water partition coefficient (Wildman–Crippen LogP) is 4.85. The highest BCUT2D eigenvalue weighted by Gasteiger charge is 2.11. The summed E-state index contributed by atoms with van der Waals surface area (Å²) in [6, 6.07) is 0. The Balaban J connectivity index is 4.13. The van der Waals surface area contributed by atoms with Gasteiger partial charge in [-0.1, -0.05) is 51.0 Å². The highest BCUT2D eigenvalue weighted by Crippen LogP contribution is 2.16. The van der Waals surface area contributed by atoms with Crippen molar-refractivity contribution in [2.75, 3.05) is 12.9 Å². The highest BCUT2D eigenvalue weighted by atomic mass is 32.2. The zero-order valence-corrected chi connectivity index (χ0v) is 14.7. The normalized spacial score (nSPS) is 13.0. The minimum absolute atomic E-state index is 0.303. The molecule has 21 heavy (non-hydrogen) atoms. The fourth-order valence-corrected chi connectivity index (χ4v) is 2.44. The Labute approximate surface area is 131 Å². The Bertz CT molecular complexity index is 363. The standard InChI is InChI=1S/C17H32O3S/c1-4-6-8-10-12-14-17(16-20-21(3,18)19)15-13-11-9-7-5-2/h8-11,17H,4-7,12-16H2,1-3H3/b10-8-,11-9-. The van der Waals surface area contributed by atoms with E-state index in [1.807, 2.05) is 0 Å². The average Bonchev–Trinajstić information content (AvgIpc) is 2.42. The summed E-state index contributed by atoms with van der Waals surface area (Å²) in [5, 5.41) is 0.